The van der Waals surface area contributed by atoms with Gasteiger partial charge in [-0.15, -0.1) is 0 Å². The van der Waals surface area contributed by atoms with Crippen LogP contribution in [0, 0.1) is 0 Å². The minimum Gasteiger partial charge on any atom is -0.331 e. The van der Waals surface area contributed by atoms with E-state index < -0.39 is 18.2 Å². The van der Waals surface area contributed by atoms with Crippen LogP contribution >= 0.6 is 0 Å². The Balaban J connectivity index is 4.40. The molecule has 0 aliphatic heterocycles. The van der Waals surface area contributed by atoms with Gasteiger partial charge in [-0.05, 0) is 6.92 Å². The molecule has 0 spiro atoms. The molecule has 1 atom stereocenters. The number of rotatable bonds is 2. The van der Waals surface area contributed by atoms with Crippen molar-refractivity contribution < 1.29 is 27.1 Å². The molecule has 0 amide bonds. The molecule has 0 aliphatic rings. The molecule has 0 aromatic rings. The maximum Gasteiger partial charge on any atom is 0.420 e. The predicted molar refractivity (Wildman–Crippen MR) is 22.7 cm³/mol. The first-order valence-corrected chi connectivity index (χ1v) is 2.31. The van der Waals surface area contributed by atoms with Gasteiger partial charge in [0.2, 0.25) is 0 Å². The Hall–Kier alpha value is -0.390. The zero-order valence-corrected chi connectivity index (χ0v) is 4.91. The summed E-state index contributed by atoms with van der Waals surface area (Å²) in [7, 11) is 0. The molecule has 0 radical (unpaired) electrons. The normalized spacial score (nSPS) is 17.1. The van der Waals surface area contributed by atoms with E-state index in [4.69, 9.17) is 5.11 Å². The second kappa shape index (κ2) is 2.34. The molecule has 0 heterocycles. The Morgan fingerprint density at radius 2 is 1.50 bits per heavy atom. The molecular formula is C4H5F5O. The quantitative estimate of drug-likeness (QED) is 0.614. The number of hydrogen-bond donors (Lipinski definition) is 1. The largest absolute Gasteiger partial charge is 0.420 e. The van der Waals surface area contributed by atoms with Gasteiger partial charge in [0.25, 0.3) is 0 Å². The highest BCUT2D eigenvalue weighted by Crippen LogP contribution is 2.35. The Morgan fingerprint density at radius 1 is 1.20 bits per heavy atom. The standard InChI is InChI=1S/C4H5F5O/c1-2(5)3(6,7)4(8,9)10/h2,10H,1H3. The number of aliphatic hydroxyl groups is 1. The van der Waals surface area contributed by atoms with E-state index >= 15 is 0 Å². The second-order valence-electron chi connectivity index (χ2n) is 1.78. The lowest BCUT2D eigenvalue weighted by Gasteiger charge is -2.21. The molecule has 0 aromatic carbocycles. The van der Waals surface area contributed by atoms with Crippen molar-refractivity contribution in [1.82, 2.24) is 0 Å². The third kappa shape index (κ3) is 1.56. The molecule has 1 unspecified atom stereocenters. The van der Waals surface area contributed by atoms with Crippen LogP contribution in [0.1, 0.15) is 6.92 Å². The summed E-state index contributed by atoms with van der Waals surface area (Å²) >= 11 is 0. The summed E-state index contributed by atoms with van der Waals surface area (Å²) in [5.41, 5.74) is 0. The summed E-state index contributed by atoms with van der Waals surface area (Å²) < 4.78 is 57.6. The summed E-state index contributed by atoms with van der Waals surface area (Å²) in [6.45, 7) is 0.240. The lowest BCUT2D eigenvalue weighted by atomic mass is 10.2. The van der Waals surface area contributed by atoms with E-state index in [2.05, 4.69) is 0 Å². The molecule has 1 nitrogen and oxygen atoms in total. The highest BCUT2D eigenvalue weighted by molar-refractivity contribution is 4.80. The average molecular weight is 164 g/mol. The van der Waals surface area contributed by atoms with Gasteiger partial charge < -0.3 is 5.11 Å². The Kier molecular flexibility index (Phi) is 2.24. The Bertz CT molecular complexity index is 115. The third-order valence-corrected chi connectivity index (χ3v) is 0.901. The van der Waals surface area contributed by atoms with E-state index in [1.54, 1.807) is 0 Å². The zero-order valence-electron chi connectivity index (χ0n) is 4.91. The minimum absolute atomic E-state index is 0.240. The van der Waals surface area contributed by atoms with Crippen molar-refractivity contribution in [2.75, 3.05) is 0 Å². The first kappa shape index (κ1) is 9.61. The summed E-state index contributed by atoms with van der Waals surface area (Å²) in [5.74, 6) is -5.01. The van der Waals surface area contributed by atoms with E-state index in [-0.39, 0.29) is 6.92 Å². The van der Waals surface area contributed by atoms with E-state index in [1.165, 1.54) is 0 Å². The van der Waals surface area contributed by atoms with E-state index in [0.29, 0.717) is 0 Å². The molecule has 62 valence electrons. The monoisotopic (exact) mass is 164 g/mol. The van der Waals surface area contributed by atoms with Crippen LogP contribution in [0.3, 0.4) is 0 Å². The summed E-state index contributed by atoms with van der Waals surface area (Å²) in [6.07, 6.45) is -8.37. The first-order valence-electron chi connectivity index (χ1n) is 2.31. The van der Waals surface area contributed by atoms with Gasteiger partial charge in [0, 0.05) is 0 Å². The van der Waals surface area contributed by atoms with E-state index in [0.717, 1.165) is 0 Å². The molecule has 10 heavy (non-hydrogen) atoms. The zero-order chi connectivity index (χ0) is 8.58. The molecule has 0 fully saturated rings. The molecule has 0 saturated carbocycles. The fourth-order valence-electron chi connectivity index (χ4n) is 0.239. The van der Waals surface area contributed by atoms with Crippen LogP contribution in [0.2, 0.25) is 0 Å². The van der Waals surface area contributed by atoms with Crippen molar-refractivity contribution in [3.8, 4) is 0 Å². The van der Waals surface area contributed by atoms with Gasteiger partial charge in [0.15, 0.2) is 6.17 Å². The van der Waals surface area contributed by atoms with Gasteiger partial charge in [-0.2, -0.15) is 17.6 Å². The predicted octanol–water partition coefficient (Wildman–Crippen LogP) is 1.56. The molecule has 6 heteroatoms. The van der Waals surface area contributed by atoms with Gasteiger partial charge in [-0.3, -0.25) is 0 Å². The fraction of sp³-hybridized carbons (Fsp3) is 1.00. The van der Waals surface area contributed by atoms with Crippen LogP contribution in [0.4, 0.5) is 22.0 Å². The lowest BCUT2D eigenvalue weighted by Crippen LogP contribution is -2.46. The van der Waals surface area contributed by atoms with Gasteiger partial charge >= 0.3 is 12.0 Å². The third-order valence-electron chi connectivity index (χ3n) is 0.901. The van der Waals surface area contributed by atoms with Gasteiger partial charge in [-0.25, -0.2) is 4.39 Å². The van der Waals surface area contributed by atoms with Crippen molar-refractivity contribution >= 4 is 0 Å². The highest BCUT2D eigenvalue weighted by atomic mass is 19.3. The van der Waals surface area contributed by atoms with Crippen LogP contribution in [0.15, 0.2) is 0 Å². The van der Waals surface area contributed by atoms with Crippen LogP contribution in [0.25, 0.3) is 0 Å². The summed E-state index contributed by atoms with van der Waals surface area (Å²) in [4.78, 5) is 0. The minimum atomic E-state index is -5.29. The first-order chi connectivity index (χ1) is 4.19. The van der Waals surface area contributed by atoms with Crippen molar-refractivity contribution in [3.05, 3.63) is 0 Å². The van der Waals surface area contributed by atoms with E-state index in [9.17, 15) is 22.0 Å². The molecule has 0 bridgehead atoms. The number of alkyl halides is 5. The van der Waals surface area contributed by atoms with Gasteiger partial charge in [0.1, 0.15) is 0 Å². The van der Waals surface area contributed by atoms with E-state index in [1.807, 2.05) is 0 Å². The van der Waals surface area contributed by atoms with Crippen LogP contribution in [0.5, 0.6) is 0 Å². The number of halogens is 5. The molecular weight excluding hydrogens is 159 g/mol. The van der Waals surface area contributed by atoms with Crippen molar-refractivity contribution in [3.63, 3.8) is 0 Å². The molecule has 0 aliphatic carbocycles. The van der Waals surface area contributed by atoms with Gasteiger partial charge in [-0.1, -0.05) is 0 Å². The topological polar surface area (TPSA) is 20.2 Å². The Morgan fingerprint density at radius 3 is 1.50 bits per heavy atom. The fourth-order valence-corrected chi connectivity index (χ4v) is 0.239. The van der Waals surface area contributed by atoms with Crippen LogP contribution in [-0.4, -0.2) is 23.3 Å². The van der Waals surface area contributed by atoms with Gasteiger partial charge in [0.05, 0.1) is 0 Å². The smallest absolute Gasteiger partial charge is 0.331 e. The SMILES string of the molecule is CC(F)C(F)(F)C(O)(F)F. The Labute approximate surface area is 53.5 Å². The maximum absolute atomic E-state index is 11.7. The number of hydrogen-bond acceptors (Lipinski definition) is 1. The van der Waals surface area contributed by atoms with Crippen molar-refractivity contribution in [2.24, 2.45) is 0 Å². The summed E-state index contributed by atoms with van der Waals surface area (Å²) in [5, 5.41) is 7.39. The molecule has 0 saturated heterocycles. The summed E-state index contributed by atoms with van der Waals surface area (Å²) in [6, 6.07) is 0. The second-order valence-corrected chi connectivity index (χ2v) is 1.78. The average Bonchev–Trinajstić information content (AvgIpc) is 1.62. The van der Waals surface area contributed by atoms with Crippen molar-refractivity contribution in [1.29, 1.82) is 0 Å². The molecule has 1 N–H and O–H groups in total. The molecule has 0 rings (SSSR count). The molecule has 0 aromatic heterocycles. The maximum atomic E-state index is 11.7. The van der Waals surface area contributed by atoms with Crippen LogP contribution < -0.4 is 0 Å². The highest BCUT2D eigenvalue weighted by Gasteiger charge is 2.59. The van der Waals surface area contributed by atoms with Crippen LogP contribution in [-0.2, 0) is 0 Å². The van der Waals surface area contributed by atoms with Crippen molar-refractivity contribution in [2.45, 2.75) is 25.1 Å². The lowest BCUT2D eigenvalue weighted by molar-refractivity contribution is -0.340.